The van der Waals surface area contributed by atoms with E-state index < -0.39 is 0 Å². The van der Waals surface area contributed by atoms with Crippen LogP contribution >= 0.6 is 11.8 Å². The minimum absolute atomic E-state index is 0.0820. The summed E-state index contributed by atoms with van der Waals surface area (Å²) in [4.78, 5) is 2.98. The second kappa shape index (κ2) is 2.62. The molecule has 0 aromatic rings. The summed E-state index contributed by atoms with van der Waals surface area (Å²) in [7, 11) is 0. The van der Waals surface area contributed by atoms with Gasteiger partial charge < -0.3 is 5.11 Å². The summed E-state index contributed by atoms with van der Waals surface area (Å²) in [6.07, 6.45) is 5.60. The van der Waals surface area contributed by atoms with E-state index in [4.69, 9.17) is 11.8 Å². The maximum absolute atomic E-state index is 9.81. The molecule has 5 atom stereocenters. The highest BCUT2D eigenvalue weighted by molar-refractivity contribution is 6.14. The summed E-state index contributed by atoms with van der Waals surface area (Å²) in [5.41, 5.74) is 0.0820. The van der Waals surface area contributed by atoms with Crippen molar-refractivity contribution in [1.82, 2.24) is 4.84 Å². The zero-order valence-electron chi connectivity index (χ0n) is 7.67. The van der Waals surface area contributed by atoms with Crippen molar-refractivity contribution in [3.05, 3.63) is 0 Å². The Bertz CT molecular complexity index is 235. The molecule has 0 aromatic carbocycles. The molecule has 4 aliphatic carbocycles. The largest absolute Gasteiger partial charge is 0.393 e. The summed E-state index contributed by atoms with van der Waals surface area (Å²) in [6, 6.07) is 0. The Morgan fingerprint density at radius 3 is 2.54 bits per heavy atom. The summed E-state index contributed by atoms with van der Waals surface area (Å²) in [5.74, 6) is 2.37. The quantitative estimate of drug-likeness (QED) is 0.633. The predicted molar refractivity (Wildman–Crippen MR) is 51.3 cm³/mol. The van der Waals surface area contributed by atoms with Crippen LogP contribution in [-0.2, 0) is 0 Å². The average molecular weight is 202 g/mol. The van der Waals surface area contributed by atoms with E-state index in [-0.39, 0.29) is 11.6 Å². The van der Waals surface area contributed by atoms with Crippen LogP contribution < -0.4 is 4.84 Å². The fourth-order valence-corrected chi connectivity index (χ4v) is 4.40. The lowest BCUT2D eigenvalue weighted by molar-refractivity contribution is 0.120. The third-order valence-corrected chi connectivity index (χ3v) is 4.99. The Balaban J connectivity index is 1.96. The van der Waals surface area contributed by atoms with E-state index in [9.17, 15) is 5.11 Å². The SMILES string of the molecule is OC1CC2CC3CC2CC3(NCl)C1. The van der Waals surface area contributed by atoms with Gasteiger partial charge in [0.1, 0.15) is 0 Å². The normalized spacial score (nSPS) is 58.6. The van der Waals surface area contributed by atoms with E-state index in [0.717, 1.165) is 30.6 Å². The van der Waals surface area contributed by atoms with Gasteiger partial charge in [0.25, 0.3) is 0 Å². The third kappa shape index (κ3) is 1.03. The lowest BCUT2D eigenvalue weighted by Crippen LogP contribution is -2.46. The second-order valence-corrected chi connectivity index (χ2v) is 5.43. The maximum Gasteiger partial charge on any atom is 0.0561 e. The van der Waals surface area contributed by atoms with Crippen LogP contribution in [0.1, 0.15) is 32.1 Å². The first-order chi connectivity index (χ1) is 6.23. The van der Waals surface area contributed by atoms with Crippen LogP contribution in [-0.4, -0.2) is 16.7 Å². The number of aliphatic hydroxyl groups excluding tert-OH is 1. The summed E-state index contributed by atoms with van der Waals surface area (Å²) in [6.45, 7) is 0. The highest BCUT2D eigenvalue weighted by Crippen LogP contribution is 2.59. The average Bonchev–Trinajstić information content (AvgIpc) is 2.54. The third-order valence-electron chi connectivity index (χ3n) is 4.61. The molecular weight excluding hydrogens is 186 g/mol. The van der Waals surface area contributed by atoms with Crippen molar-refractivity contribution in [1.29, 1.82) is 0 Å². The van der Waals surface area contributed by atoms with E-state index >= 15 is 0 Å². The number of fused-ring (bicyclic) bond motifs is 2. The fraction of sp³-hybridized carbons (Fsp3) is 1.00. The van der Waals surface area contributed by atoms with Crippen molar-refractivity contribution in [2.75, 3.05) is 0 Å². The first-order valence-corrected chi connectivity index (χ1v) is 5.67. The number of nitrogens with one attached hydrogen (secondary N) is 1. The van der Waals surface area contributed by atoms with Crippen molar-refractivity contribution >= 4 is 11.8 Å². The molecule has 74 valence electrons. The van der Waals surface area contributed by atoms with Gasteiger partial charge in [-0.25, -0.2) is 4.84 Å². The molecule has 0 spiro atoms. The summed E-state index contributed by atoms with van der Waals surface area (Å²) in [5, 5.41) is 9.81. The van der Waals surface area contributed by atoms with E-state index in [1.165, 1.54) is 19.3 Å². The number of hydrogen-bond acceptors (Lipinski definition) is 2. The molecular formula is C10H16ClNO. The van der Waals surface area contributed by atoms with Gasteiger partial charge in [0, 0.05) is 5.54 Å². The van der Waals surface area contributed by atoms with Gasteiger partial charge in [-0.15, -0.1) is 0 Å². The lowest BCUT2D eigenvalue weighted by Gasteiger charge is -2.35. The molecule has 4 aliphatic rings. The molecule has 0 aromatic heterocycles. The maximum atomic E-state index is 9.81. The van der Waals surface area contributed by atoms with Gasteiger partial charge in [-0.1, -0.05) is 0 Å². The molecule has 0 heterocycles. The van der Waals surface area contributed by atoms with E-state index in [2.05, 4.69) is 4.84 Å². The Labute approximate surface area is 83.8 Å². The molecule has 4 fully saturated rings. The molecule has 13 heavy (non-hydrogen) atoms. The first kappa shape index (κ1) is 8.51. The number of aliphatic hydroxyl groups is 1. The highest BCUT2D eigenvalue weighted by Gasteiger charge is 2.57. The van der Waals surface area contributed by atoms with Crippen LogP contribution in [0.2, 0.25) is 0 Å². The Morgan fingerprint density at radius 1 is 1.15 bits per heavy atom. The van der Waals surface area contributed by atoms with Crippen molar-refractivity contribution < 1.29 is 5.11 Å². The minimum atomic E-state index is -0.119. The molecule has 2 N–H and O–H groups in total. The molecule has 0 aliphatic heterocycles. The van der Waals surface area contributed by atoms with Crippen molar-refractivity contribution in [2.45, 2.75) is 43.7 Å². The second-order valence-electron chi connectivity index (χ2n) is 5.24. The van der Waals surface area contributed by atoms with Gasteiger partial charge in [-0.05, 0) is 61.6 Å². The van der Waals surface area contributed by atoms with Crippen LogP contribution in [0.25, 0.3) is 0 Å². The Kier molecular flexibility index (Phi) is 1.71. The molecule has 0 amide bonds. The van der Waals surface area contributed by atoms with Gasteiger partial charge in [0.05, 0.1) is 6.10 Å². The molecule has 0 saturated heterocycles. The zero-order valence-corrected chi connectivity index (χ0v) is 8.43. The number of halogens is 1. The highest BCUT2D eigenvalue weighted by atomic mass is 35.5. The Morgan fingerprint density at radius 2 is 1.92 bits per heavy atom. The van der Waals surface area contributed by atoms with Crippen molar-refractivity contribution in [3.63, 3.8) is 0 Å². The molecule has 0 radical (unpaired) electrons. The van der Waals surface area contributed by atoms with E-state index in [0.29, 0.717) is 0 Å². The summed E-state index contributed by atoms with van der Waals surface area (Å²) >= 11 is 5.86. The Hall–Kier alpha value is 0.210. The van der Waals surface area contributed by atoms with Crippen molar-refractivity contribution in [2.24, 2.45) is 17.8 Å². The van der Waals surface area contributed by atoms with Gasteiger partial charge in [-0.2, -0.15) is 0 Å². The molecule has 4 saturated carbocycles. The predicted octanol–water partition coefficient (Wildman–Crippen LogP) is 1.67. The van der Waals surface area contributed by atoms with E-state index in [1.807, 2.05) is 0 Å². The first-order valence-electron chi connectivity index (χ1n) is 5.29. The number of hydrogen-bond donors (Lipinski definition) is 2. The van der Waals surface area contributed by atoms with Gasteiger partial charge >= 0.3 is 0 Å². The number of rotatable bonds is 1. The van der Waals surface area contributed by atoms with Crippen LogP contribution in [0.15, 0.2) is 0 Å². The summed E-state index contributed by atoms with van der Waals surface area (Å²) < 4.78 is 0. The van der Waals surface area contributed by atoms with Crippen LogP contribution in [0.4, 0.5) is 0 Å². The minimum Gasteiger partial charge on any atom is -0.393 e. The zero-order chi connectivity index (χ0) is 9.05. The van der Waals surface area contributed by atoms with Crippen LogP contribution in [0.5, 0.6) is 0 Å². The van der Waals surface area contributed by atoms with Gasteiger partial charge in [-0.3, -0.25) is 0 Å². The molecule has 3 heteroatoms. The van der Waals surface area contributed by atoms with Crippen LogP contribution in [0.3, 0.4) is 0 Å². The van der Waals surface area contributed by atoms with E-state index in [1.54, 1.807) is 0 Å². The van der Waals surface area contributed by atoms with Gasteiger partial charge in [0.2, 0.25) is 0 Å². The molecule has 4 rings (SSSR count). The lowest BCUT2D eigenvalue weighted by atomic mass is 9.79. The van der Waals surface area contributed by atoms with Crippen LogP contribution in [0, 0.1) is 17.8 Å². The topological polar surface area (TPSA) is 32.3 Å². The monoisotopic (exact) mass is 201 g/mol. The molecule has 5 unspecified atom stereocenters. The fourth-order valence-electron chi connectivity index (χ4n) is 4.09. The molecule has 2 nitrogen and oxygen atoms in total. The smallest absolute Gasteiger partial charge is 0.0561 e. The molecule has 4 bridgehead atoms. The standard InChI is InChI=1S/C10H16ClNO/c11-12-10-4-7-2-8(10)1-6(7)3-9(13)5-10/h6-9,12-13H,1-5H2. The van der Waals surface area contributed by atoms with Gasteiger partial charge in [0.15, 0.2) is 0 Å². The van der Waals surface area contributed by atoms with Crippen molar-refractivity contribution in [3.8, 4) is 0 Å².